The zero-order chi connectivity index (χ0) is 24.5. The highest BCUT2D eigenvalue weighted by atomic mass is 79.9. The summed E-state index contributed by atoms with van der Waals surface area (Å²) in [4.78, 5) is 23.6. The van der Waals surface area contributed by atoms with Gasteiger partial charge in [0.25, 0.3) is 0 Å². The van der Waals surface area contributed by atoms with Crippen LogP contribution in [0.15, 0.2) is 56.2 Å². The van der Waals surface area contributed by atoms with E-state index >= 15 is 0 Å². The van der Waals surface area contributed by atoms with Gasteiger partial charge in [0, 0.05) is 50.8 Å². The maximum absolute atomic E-state index is 12.8. The molecule has 0 aliphatic carbocycles. The molecule has 2 unspecified atom stereocenters. The Morgan fingerprint density at radius 2 is 2.12 bits per heavy atom. The summed E-state index contributed by atoms with van der Waals surface area (Å²) in [5.74, 6) is 0.840. The second-order valence-corrected chi connectivity index (χ2v) is 9.75. The number of carbonyl (C=O) groups is 1. The maximum Gasteiger partial charge on any atom is 0.228 e. The predicted octanol–water partition coefficient (Wildman–Crippen LogP) is 4.28. The average molecular weight is 531 g/mol. The monoisotopic (exact) mass is 530 g/mol. The quantitative estimate of drug-likeness (QED) is 0.491. The van der Waals surface area contributed by atoms with Crippen molar-refractivity contribution in [1.29, 1.82) is 0 Å². The van der Waals surface area contributed by atoms with E-state index in [1.807, 2.05) is 37.0 Å². The predicted molar refractivity (Wildman–Crippen MR) is 141 cm³/mol. The first-order valence-electron chi connectivity index (χ1n) is 11.8. The summed E-state index contributed by atoms with van der Waals surface area (Å²) in [7, 11) is 1.71. The van der Waals surface area contributed by atoms with Gasteiger partial charge >= 0.3 is 0 Å². The molecule has 0 aromatic heterocycles. The van der Waals surface area contributed by atoms with Crippen molar-refractivity contribution < 1.29 is 14.6 Å². The zero-order valence-corrected chi connectivity index (χ0v) is 21.8. The number of allylic oxidation sites excluding steroid dienone is 4. The number of hydrogen-bond donors (Lipinski definition) is 2. The van der Waals surface area contributed by atoms with Gasteiger partial charge in [0.05, 0.1) is 28.4 Å². The number of phenols is 1. The van der Waals surface area contributed by atoms with Crippen molar-refractivity contribution in [2.75, 3.05) is 39.9 Å². The molecule has 3 rings (SSSR count). The molecule has 2 atom stereocenters. The first-order chi connectivity index (χ1) is 16.4. The van der Waals surface area contributed by atoms with E-state index in [2.05, 4.69) is 26.2 Å². The van der Waals surface area contributed by atoms with E-state index in [-0.39, 0.29) is 17.6 Å². The molecule has 2 fully saturated rings. The second kappa shape index (κ2) is 12.9. The second-order valence-electron chi connectivity index (χ2n) is 8.90. The minimum Gasteiger partial charge on any atom is -0.507 e. The molecule has 2 saturated heterocycles. The molecule has 0 spiro atoms. The number of hydrogen-bond acceptors (Lipinski definition) is 6. The van der Waals surface area contributed by atoms with Gasteiger partial charge in [-0.05, 0) is 73.2 Å². The number of phenolic OH excluding ortho intramolecular Hbond substituents is 1. The van der Waals surface area contributed by atoms with Crippen LogP contribution in [0.3, 0.4) is 0 Å². The lowest BCUT2D eigenvalue weighted by atomic mass is 9.96. The number of likely N-dealkylation sites (tertiary alicyclic amines) is 1. The van der Waals surface area contributed by atoms with E-state index < -0.39 is 0 Å². The molecule has 0 saturated carbocycles. The van der Waals surface area contributed by atoms with E-state index in [0.29, 0.717) is 30.4 Å². The topological polar surface area (TPSA) is 86.5 Å². The molecule has 1 amide bonds. The van der Waals surface area contributed by atoms with Gasteiger partial charge < -0.3 is 20.1 Å². The number of benzene rings is 1. The Balaban J connectivity index is 1.70. The number of ether oxygens (including phenoxy) is 1. The van der Waals surface area contributed by atoms with Gasteiger partial charge in [-0.15, -0.1) is 0 Å². The summed E-state index contributed by atoms with van der Waals surface area (Å²) in [6.45, 7) is 7.54. The van der Waals surface area contributed by atoms with E-state index in [0.717, 1.165) is 54.8 Å². The van der Waals surface area contributed by atoms with Crippen molar-refractivity contribution in [3.8, 4) is 5.75 Å². The Labute approximate surface area is 210 Å². The molecule has 1 aromatic rings. The van der Waals surface area contributed by atoms with Crippen LogP contribution in [0.1, 0.15) is 38.7 Å². The van der Waals surface area contributed by atoms with Crippen molar-refractivity contribution in [2.45, 2.75) is 33.1 Å². The maximum atomic E-state index is 12.8. The van der Waals surface area contributed by atoms with Crippen LogP contribution in [0, 0.1) is 11.8 Å². The lowest BCUT2D eigenvalue weighted by molar-refractivity contribution is -0.137. The molecular formula is C26H35BrN4O3. The van der Waals surface area contributed by atoms with E-state index in [4.69, 9.17) is 9.73 Å². The molecule has 1 aromatic carbocycles. The molecule has 7 nitrogen and oxygen atoms in total. The summed E-state index contributed by atoms with van der Waals surface area (Å²) in [5.41, 5.74) is 3.02. The van der Waals surface area contributed by atoms with Gasteiger partial charge in [-0.2, -0.15) is 0 Å². The lowest BCUT2D eigenvalue weighted by Gasteiger charge is -2.34. The van der Waals surface area contributed by atoms with E-state index in [9.17, 15) is 9.90 Å². The third-order valence-electron chi connectivity index (χ3n) is 6.19. The standard InChI is InChI=1S/C26H35BrN4O3/c1-18(29-14-20-7-6-11-31(16-20)26(33)21-10-12-34-17-21)13-24(22-8-4-5-9-25(22)32)30-19(2)23(27)15-28-3/h4-5,8-9,13,15,20-21,29,32H,6-7,10-12,14,16-17H2,1-3H3/b18-13+,23-19-,28-15?,30-24+. The Kier molecular flexibility index (Phi) is 9.89. The number of piperidine rings is 1. The van der Waals surface area contributed by atoms with Crippen LogP contribution >= 0.6 is 15.9 Å². The number of amides is 1. The first-order valence-corrected chi connectivity index (χ1v) is 12.6. The number of nitrogens with one attached hydrogen (secondary N) is 1. The number of aromatic hydroxyl groups is 1. The van der Waals surface area contributed by atoms with Crippen LogP contribution in [0.2, 0.25) is 0 Å². The van der Waals surface area contributed by atoms with E-state index in [1.54, 1.807) is 25.4 Å². The van der Waals surface area contributed by atoms with Crippen molar-refractivity contribution in [3.05, 3.63) is 51.8 Å². The minimum absolute atomic E-state index is 0.0269. The van der Waals surface area contributed by atoms with Crippen LogP contribution in [0.25, 0.3) is 0 Å². The molecule has 2 aliphatic rings. The number of rotatable bonds is 8. The summed E-state index contributed by atoms with van der Waals surface area (Å²) >= 11 is 3.50. The Bertz CT molecular complexity index is 980. The Morgan fingerprint density at radius 3 is 2.82 bits per heavy atom. The highest BCUT2D eigenvalue weighted by Crippen LogP contribution is 2.23. The van der Waals surface area contributed by atoms with Crippen LogP contribution in [0.5, 0.6) is 5.75 Å². The van der Waals surface area contributed by atoms with Crippen molar-refractivity contribution in [1.82, 2.24) is 10.2 Å². The van der Waals surface area contributed by atoms with Gasteiger partial charge in [-0.25, -0.2) is 0 Å². The summed E-state index contributed by atoms with van der Waals surface area (Å²) in [6.07, 6.45) is 6.60. The smallest absolute Gasteiger partial charge is 0.228 e. The van der Waals surface area contributed by atoms with E-state index in [1.165, 1.54) is 0 Å². The highest BCUT2D eigenvalue weighted by Gasteiger charge is 2.31. The number of nitrogens with zero attached hydrogens (tertiary/aromatic N) is 3. The lowest BCUT2D eigenvalue weighted by Crippen LogP contribution is -2.45. The Morgan fingerprint density at radius 1 is 1.32 bits per heavy atom. The van der Waals surface area contributed by atoms with Gasteiger partial charge in [-0.1, -0.05) is 12.1 Å². The molecule has 2 N–H and O–H groups in total. The number of carbonyl (C=O) groups excluding carboxylic acids is 1. The van der Waals surface area contributed by atoms with Crippen LogP contribution in [0.4, 0.5) is 0 Å². The minimum atomic E-state index is 0.0269. The molecule has 2 heterocycles. The van der Waals surface area contributed by atoms with Gasteiger partial charge in [-0.3, -0.25) is 14.8 Å². The SMILES string of the molecule is CN=C/C(Br)=C(C)/N=C(\C=C(/C)NCC1CCCN(C(=O)C2CCOC2)C1)c1ccccc1O. The number of halogens is 1. The van der Waals surface area contributed by atoms with Crippen molar-refractivity contribution in [3.63, 3.8) is 0 Å². The van der Waals surface area contributed by atoms with Crippen LogP contribution in [-0.2, 0) is 9.53 Å². The Hall–Kier alpha value is -2.45. The summed E-state index contributed by atoms with van der Waals surface area (Å²) in [5, 5.41) is 13.9. The van der Waals surface area contributed by atoms with Crippen molar-refractivity contribution >= 4 is 33.8 Å². The molecule has 34 heavy (non-hydrogen) atoms. The third-order valence-corrected chi connectivity index (χ3v) is 6.97. The highest BCUT2D eigenvalue weighted by molar-refractivity contribution is 9.12. The largest absolute Gasteiger partial charge is 0.507 e. The summed E-state index contributed by atoms with van der Waals surface area (Å²) < 4.78 is 6.18. The van der Waals surface area contributed by atoms with Gasteiger partial charge in [0.15, 0.2) is 0 Å². The third kappa shape index (κ3) is 7.27. The molecular weight excluding hydrogens is 496 g/mol. The molecule has 8 heteroatoms. The van der Waals surface area contributed by atoms with Crippen molar-refractivity contribution in [2.24, 2.45) is 21.8 Å². The normalized spacial score (nSPS) is 22.8. The van der Waals surface area contributed by atoms with Crippen LogP contribution in [-0.4, -0.2) is 67.7 Å². The molecule has 0 bridgehead atoms. The number of aliphatic imine (C=N–C) groups is 2. The molecule has 184 valence electrons. The van der Waals surface area contributed by atoms with Crippen LogP contribution < -0.4 is 5.32 Å². The summed E-state index contributed by atoms with van der Waals surface area (Å²) in [6, 6.07) is 7.18. The molecule has 2 aliphatic heterocycles. The van der Waals surface area contributed by atoms with Gasteiger partial charge in [0.1, 0.15) is 5.75 Å². The zero-order valence-electron chi connectivity index (χ0n) is 20.3. The fourth-order valence-corrected chi connectivity index (χ4v) is 4.58. The van der Waals surface area contributed by atoms with Gasteiger partial charge in [0.2, 0.25) is 5.91 Å². The first kappa shape index (κ1) is 26.2. The fraction of sp³-hybridized carbons (Fsp3) is 0.500. The fourth-order valence-electron chi connectivity index (χ4n) is 4.28. The molecule has 0 radical (unpaired) electrons. The average Bonchev–Trinajstić information content (AvgIpc) is 3.37. The number of para-hydroxylation sites is 1.